The van der Waals surface area contributed by atoms with Crippen molar-refractivity contribution in [3.8, 4) is 0 Å². The highest BCUT2D eigenvalue weighted by Gasteiger charge is 2.32. The summed E-state index contributed by atoms with van der Waals surface area (Å²) in [5.74, 6) is 0.715. The van der Waals surface area contributed by atoms with Crippen molar-refractivity contribution < 1.29 is 4.79 Å². The van der Waals surface area contributed by atoms with Gasteiger partial charge in [-0.25, -0.2) is 0 Å². The molecule has 1 atom stereocenters. The van der Waals surface area contributed by atoms with Gasteiger partial charge in [-0.3, -0.25) is 4.79 Å². The lowest BCUT2D eigenvalue weighted by Gasteiger charge is -2.32. The molecule has 1 unspecified atom stereocenters. The number of carbonyl (C=O) groups is 1. The first kappa shape index (κ1) is 12.5. The van der Waals surface area contributed by atoms with E-state index in [-0.39, 0.29) is 11.3 Å². The van der Waals surface area contributed by atoms with Gasteiger partial charge in [-0.15, -0.1) is 0 Å². The average Bonchev–Trinajstić information content (AvgIpc) is 2.67. The predicted molar refractivity (Wildman–Crippen MR) is 62.4 cm³/mol. The fourth-order valence-electron chi connectivity index (χ4n) is 2.33. The van der Waals surface area contributed by atoms with E-state index in [0.717, 1.165) is 12.5 Å². The summed E-state index contributed by atoms with van der Waals surface area (Å²) in [5, 5.41) is 2.94. The zero-order valence-corrected chi connectivity index (χ0v) is 10.2. The van der Waals surface area contributed by atoms with E-state index in [1.165, 1.54) is 25.7 Å². The number of rotatable bonds is 4. The first-order valence-corrected chi connectivity index (χ1v) is 5.97. The molecule has 1 amide bonds. The van der Waals surface area contributed by atoms with Gasteiger partial charge in [-0.1, -0.05) is 26.7 Å². The van der Waals surface area contributed by atoms with Gasteiger partial charge in [0.2, 0.25) is 5.91 Å². The second-order valence-electron chi connectivity index (χ2n) is 5.48. The predicted octanol–water partition coefficient (Wildman–Crippen LogP) is 1.67. The van der Waals surface area contributed by atoms with Crippen LogP contribution in [0.15, 0.2) is 0 Å². The van der Waals surface area contributed by atoms with Gasteiger partial charge in [0.15, 0.2) is 0 Å². The van der Waals surface area contributed by atoms with Gasteiger partial charge in [-0.05, 0) is 31.1 Å². The molecular weight excluding hydrogens is 188 g/mol. The molecule has 15 heavy (non-hydrogen) atoms. The highest BCUT2D eigenvalue weighted by atomic mass is 16.2. The van der Waals surface area contributed by atoms with Crippen LogP contribution in [-0.2, 0) is 4.79 Å². The third-order valence-electron chi connectivity index (χ3n) is 3.59. The summed E-state index contributed by atoms with van der Waals surface area (Å²) in [5.41, 5.74) is 5.72. The van der Waals surface area contributed by atoms with Crippen LogP contribution in [0.3, 0.4) is 0 Å². The lowest BCUT2D eigenvalue weighted by molar-refractivity contribution is -0.122. The maximum Gasteiger partial charge on any atom is 0.236 e. The van der Waals surface area contributed by atoms with Crippen LogP contribution >= 0.6 is 0 Å². The van der Waals surface area contributed by atoms with Gasteiger partial charge in [0.25, 0.3) is 0 Å². The Hall–Kier alpha value is -0.570. The molecule has 0 aromatic heterocycles. The number of nitrogens with two attached hydrogens (primary N) is 1. The quantitative estimate of drug-likeness (QED) is 0.744. The molecule has 1 fully saturated rings. The molecule has 0 aliphatic heterocycles. The molecule has 88 valence electrons. The van der Waals surface area contributed by atoms with E-state index in [4.69, 9.17) is 5.73 Å². The number of nitrogens with one attached hydrogen (secondary N) is 1. The average molecular weight is 212 g/mol. The maximum absolute atomic E-state index is 11.4. The summed E-state index contributed by atoms with van der Waals surface area (Å²) in [6.45, 7) is 6.95. The monoisotopic (exact) mass is 212 g/mol. The van der Waals surface area contributed by atoms with Gasteiger partial charge in [0.05, 0.1) is 6.04 Å². The van der Waals surface area contributed by atoms with Gasteiger partial charge in [-0.2, -0.15) is 0 Å². The van der Waals surface area contributed by atoms with Crippen molar-refractivity contribution in [2.75, 3.05) is 6.54 Å². The van der Waals surface area contributed by atoms with Crippen molar-refractivity contribution in [2.24, 2.45) is 17.1 Å². The number of carbonyl (C=O) groups excluding carboxylic acids is 1. The molecule has 0 radical (unpaired) electrons. The smallest absolute Gasteiger partial charge is 0.236 e. The van der Waals surface area contributed by atoms with E-state index in [1.807, 2.05) is 0 Å². The Kier molecular flexibility index (Phi) is 4.14. The van der Waals surface area contributed by atoms with Gasteiger partial charge in [0.1, 0.15) is 0 Å². The number of hydrogen-bond acceptors (Lipinski definition) is 2. The molecule has 3 heteroatoms. The molecule has 3 N–H and O–H groups in total. The molecule has 1 aliphatic rings. The fraction of sp³-hybridized carbons (Fsp3) is 0.917. The van der Waals surface area contributed by atoms with E-state index in [1.54, 1.807) is 6.92 Å². The van der Waals surface area contributed by atoms with E-state index < -0.39 is 6.04 Å². The first-order valence-electron chi connectivity index (χ1n) is 5.97. The standard InChI is InChI=1S/C12H24N2O/c1-9(13)11(15)14-8-12(2,3)10-6-4-5-7-10/h9-10H,4-8,13H2,1-3H3,(H,14,15). The van der Waals surface area contributed by atoms with Crippen molar-refractivity contribution in [3.63, 3.8) is 0 Å². The SMILES string of the molecule is CC(N)C(=O)NCC(C)(C)C1CCCC1. The van der Waals surface area contributed by atoms with Crippen LogP contribution in [0.25, 0.3) is 0 Å². The Labute approximate surface area is 92.8 Å². The molecule has 1 saturated carbocycles. The Balaban J connectivity index is 2.38. The van der Waals surface area contributed by atoms with Crippen LogP contribution in [0.4, 0.5) is 0 Å². The lowest BCUT2D eigenvalue weighted by Crippen LogP contribution is -2.44. The molecule has 0 saturated heterocycles. The molecule has 0 bridgehead atoms. The Bertz CT molecular complexity index is 218. The lowest BCUT2D eigenvalue weighted by atomic mass is 9.77. The highest BCUT2D eigenvalue weighted by molar-refractivity contribution is 5.80. The third kappa shape index (κ3) is 3.49. The van der Waals surface area contributed by atoms with Crippen LogP contribution in [0, 0.1) is 11.3 Å². The summed E-state index contributed by atoms with van der Waals surface area (Å²) in [6.07, 6.45) is 5.30. The highest BCUT2D eigenvalue weighted by Crippen LogP contribution is 2.38. The fourth-order valence-corrected chi connectivity index (χ4v) is 2.33. The van der Waals surface area contributed by atoms with E-state index >= 15 is 0 Å². The second-order valence-corrected chi connectivity index (χ2v) is 5.48. The minimum Gasteiger partial charge on any atom is -0.354 e. The molecule has 0 heterocycles. The largest absolute Gasteiger partial charge is 0.354 e. The van der Waals surface area contributed by atoms with Gasteiger partial charge >= 0.3 is 0 Å². The molecule has 0 aromatic rings. The van der Waals surface area contributed by atoms with Crippen LogP contribution < -0.4 is 11.1 Å². The summed E-state index contributed by atoms with van der Waals surface area (Å²) in [4.78, 5) is 11.4. The van der Waals surface area contributed by atoms with E-state index in [9.17, 15) is 4.79 Å². The van der Waals surface area contributed by atoms with E-state index in [0.29, 0.717) is 0 Å². The Morgan fingerprint density at radius 2 is 2.00 bits per heavy atom. The molecule has 1 rings (SSSR count). The molecule has 1 aliphatic carbocycles. The van der Waals surface area contributed by atoms with Crippen molar-refractivity contribution in [1.29, 1.82) is 0 Å². The van der Waals surface area contributed by atoms with Gasteiger partial charge in [0, 0.05) is 6.54 Å². The number of hydrogen-bond donors (Lipinski definition) is 2. The molecule has 0 spiro atoms. The zero-order chi connectivity index (χ0) is 11.5. The normalized spacial score (nSPS) is 20.3. The number of amides is 1. The molecule has 3 nitrogen and oxygen atoms in total. The summed E-state index contributed by atoms with van der Waals surface area (Å²) >= 11 is 0. The Morgan fingerprint density at radius 1 is 1.47 bits per heavy atom. The minimum absolute atomic E-state index is 0.0407. The van der Waals surface area contributed by atoms with Crippen LogP contribution in [-0.4, -0.2) is 18.5 Å². The van der Waals surface area contributed by atoms with Crippen LogP contribution in [0.1, 0.15) is 46.5 Å². The first-order chi connectivity index (χ1) is 6.93. The molecule has 0 aromatic carbocycles. The van der Waals surface area contributed by atoms with Crippen molar-refractivity contribution >= 4 is 5.91 Å². The van der Waals surface area contributed by atoms with E-state index in [2.05, 4.69) is 19.2 Å². The summed E-state index contributed by atoms with van der Waals surface area (Å²) in [7, 11) is 0. The molecular formula is C12H24N2O. The van der Waals surface area contributed by atoms with Crippen LogP contribution in [0.5, 0.6) is 0 Å². The van der Waals surface area contributed by atoms with Crippen LogP contribution in [0.2, 0.25) is 0 Å². The third-order valence-corrected chi connectivity index (χ3v) is 3.59. The minimum atomic E-state index is -0.399. The Morgan fingerprint density at radius 3 is 2.47 bits per heavy atom. The van der Waals surface area contributed by atoms with Crippen molar-refractivity contribution in [2.45, 2.75) is 52.5 Å². The summed E-state index contributed by atoms with van der Waals surface area (Å²) in [6, 6.07) is -0.399. The van der Waals surface area contributed by atoms with Gasteiger partial charge < -0.3 is 11.1 Å². The zero-order valence-electron chi connectivity index (χ0n) is 10.2. The van der Waals surface area contributed by atoms with Crippen molar-refractivity contribution in [1.82, 2.24) is 5.32 Å². The second kappa shape index (κ2) is 4.97. The maximum atomic E-state index is 11.4. The summed E-state index contributed by atoms with van der Waals surface area (Å²) < 4.78 is 0. The van der Waals surface area contributed by atoms with Crippen molar-refractivity contribution in [3.05, 3.63) is 0 Å². The topological polar surface area (TPSA) is 55.1 Å².